The lowest BCUT2D eigenvalue weighted by Crippen LogP contribution is -2.52. The molecule has 122 valence electrons. The van der Waals surface area contributed by atoms with E-state index in [9.17, 15) is 14.7 Å². The number of rotatable bonds is 6. The first-order chi connectivity index (χ1) is 9.88. The van der Waals surface area contributed by atoms with Crippen molar-refractivity contribution in [2.45, 2.75) is 52.5 Å². The predicted octanol–water partition coefficient (Wildman–Crippen LogP) is 1.78. The van der Waals surface area contributed by atoms with E-state index in [1.165, 1.54) is 0 Å². The number of carboxylic acids is 1. The summed E-state index contributed by atoms with van der Waals surface area (Å²) in [6, 6.07) is 0.0231. The molecule has 2 amide bonds. The average Bonchev–Trinajstić information content (AvgIpc) is 2.47. The van der Waals surface area contributed by atoms with Gasteiger partial charge in [-0.05, 0) is 39.5 Å². The maximum Gasteiger partial charge on any atom is 0.320 e. The van der Waals surface area contributed by atoms with Crippen LogP contribution in [-0.2, 0) is 4.79 Å². The Morgan fingerprint density at radius 3 is 2.24 bits per heavy atom. The quantitative estimate of drug-likeness (QED) is 0.783. The smallest absolute Gasteiger partial charge is 0.320 e. The van der Waals surface area contributed by atoms with Gasteiger partial charge in [-0.15, -0.1) is 0 Å². The Morgan fingerprint density at radius 2 is 1.86 bits per heavy atom. The zero-order chi connectivity index (χ0) is 16.0. The molecular formula is C15H28N2O4. The van der Waals surface area contributed by atoms with Crippen LogP contribution in [0.25, 0.3) is 0 Å². The summed E-state index contributed by atoms with van der Waals surface area (Å²) < 4.78 is 0. The van der Waals surface area contributed by atoms with E-state index < -0.39 is 11.4 Å². The highest BCUT2D eigenvalue weighted by Gasteiger charge is 2.41. The molecule has 1 aliphatic rings. The van der Waals surface area contributed by atoms with Gasteiger partial charge in [-0.25, -0.2) is 4.79 Å². The van der Waals surface area contributed by atoms with Crippen LogP contribution in [0.2, 0.25) is 0 Å². The average molecular weight is 300 g/mol. The number of carboxylic acid groups (broad SMARTS) is 1. The van der Waals surface area contributed by atoms with Crippen LogP contribution >= 0.6 is 0 Å². The summed E-state index contributed by atoms with van der Waals surface area (Å²) in [4.78, 5) is 27.5. The van der Waals surface area contributed by atoms with Crippen molar-refractivity contribution in [1.82, 2.24) is 9.80 Å². The number of piperidine rings is 1. The molecule has 6 nitrogen and oxygen atoms in total. The van der Waals surface area contributed by atoms with Gasteiger partial charge in [0.1, 0.15) is 0 Å². The minimum atomic E-state index is -0.752. The van der Waals surface area contributed by atoms with Crippen LogP contribution in [0.3, 0.4) is 0 Å². The van der Waals surface area contributed by atoms with Crippen LogP contribution in [0.1, 0.15) is 46.5 Å². The van der Waals surface area contributed by atoms with Crippen LogP contribution in [0, 0.1) is 5.41 Å². The molecule has 0 aromatic carbocycles. The molecule has 0 aliphatic carbocycles. The Labute approximate surface area is 126 Å². The fraction of sp³-hybridized carbons (Fsp3) is 0.867. The second-order valence-corrected chi connectivity index (χ2v) is 6.07. The highest BCUT2D eigenvalue weighted by Crippen LogP contribution is 2.35. The number of carbonyl (C=O) groups is 2. The Balaban J connectivity index is 2.67. The molecule has 0 radical (unpaired) electrons. The first kappa shape index (κ1) is 17.8. The Hall–Kier alpha value is -1.30. The van der Waals surface area contributed by atoms with E-state index in [0.717, 1.165) is 0 Å². The Bertz CT molecular complexity index is 363. The lowest BCUT2D eigenvalue weighted by Gasteiger charge is -2.41. The molecule has 0 spiro atoms. The van der Waals surface area contributed by atoms with Crippen LogP contribution in [0.5, 0.6) is 0 Å². The number of hydrogen-bond donors (Lipinski definition) is 2. The van der Waals surface area contributed by atoms with Crippen molar-refractivity contribution in [3.05, 3.63) is 0 Å². The van der Waals surface area contributed by atoms with E-state index in [1.54, 1.807) is 9.80 Å². The monoisotopic (exact) mass is 300 g/mol. The van der Waals surface area contributed by atoms with Gasteiger partial charge >= 0.3 is 12.0 Å². The van der Waals surface area contributed by atoms with Gasteiger partial charge in [-0.2, -0.15) is 0 Å². The summed E-state index contributed by atoms with van der Waals surface area (Å²) >= 11 is 0. The maximum atomic E-state index is 12.5. The molecule has 1 rings (SSSR count). The number of urea groups is 1. The molecule has 6 heteroatoms. The summed E-state index contributed by atoms with van der Waals surface area (Å²) in [5.41, 5.74) is -0.676. The normalized spacial score (nSPS) is 17.9. The second-order valence-electron chi connectivity index (χ2n) is 6.07. The number of carbonyl (C=O) groups excluding carboxylic acids is 1. The summed E-state index contributed by atoms with van der Waals surface area (Å²) in [6.45, 7) is 7.37. The van der Waals surface area contributed by atoms with Crippen LogP contribution < -0.4 is 0 Å². The molecule has 2 N–H and O–H groups in total. The van der Waals surface area contributed by atoms with Crippen molar-refractivity contribution in [2.24, 2.45) is 5.41 Å². The van der Waals surface area contributed by atoms with Crippen molar-refractivity contribution < 1.29 is 19.8 Å². The van der Waals surface area contributed by atoms with Crippen LogP contribution in [-0.4, -0.2) is 64.3 Å². The molecule has 0 unspecified atom stereocenters. The fourth-order valence-corrected chi connectivity index (χ4v) is 2.84. The van der Waals surface area contributed by atoms with E-state index in [4.69, 9.17) is 5.11 Å². The van der Waals surface area contributed by atoms with E-state index >= 15 is 0 Å². The number of likely N-dealkylation sites (tertiary alicyclic amines) is 1. The minimum Gasteiger partial charge on any atom is -0.481 e. The molecule has 0 bridgehead atoms. The number of hydrogen-bond acceptors (Lipinski definition) is 3. The Morgan fingerprint density at radius 1 is 1.29 bits per heavy atom. The first-order valence-corrected chi connectivity index (χ1v) is 7.77. The van der Waals surface area contributed by atoms with E-state index in [-0.39, 0.29) is 18.7 Å². The number of aliphatic carboxylic acids is 1. The van der Waals surface area contributed by atoms with Gasteiger partial charge in [0, 0.05) is 32.3 Å². The van der Waals surface area contributed by atoms with Crippen LogP contribution in [0.4, 0.5) is 4.79 Å². The standard InChI is InChI=1S/C15H28N2O4/c1-4-15(13(19)20)6-9-16(10-7-15)14(21)17(12(2)3)8-5-11-18/h12,18H,4-11H2,1-3H3,(H,19,20). The molecule has 1 heterocycles. The molecule has 21 heavy (non-hydrogen) atoms. The molecule has 1 saturated heterocycles. The lowest BCUT2D eigenvalue weighted by molar-refractivity contribution is -0.152. The minimum absolute atomic E-state index is 0.0476. The van der Waals surface area contributed by atoms with Gasteiger partial charge in [-0.1, -0.05) is 6.92 Å². The molecule has 1 aliphatic heterocycles. The molecule has 0 aromatic rings. The van der Waals surface area contributed by atoms with Crippen molar-refractivity contribution >= 4 is 12.0 Å². The molecule has 0 saturated carbocycles. The van der Waals surface area contributed by atoms with Gasteiger partial charge in [0.25, 0.3) is 0 Å². The number of amides is 2. The molecule has 0 aromatic heterocycles. The fourth-order valence-electron chi connectivity index (χ4n) is 2.84. The van der Waals surface area contributed by atoms with Gasteiger partial charge in [0.2, 0.25) is 0 Å². The SMILES string of the molecule is CCC1(C(=O)O)CCN(C(=O)N(CCCO)C(C)C)CC1. The van der Waals surface area contributed by atoms with E-state index in [1.807, 2.05) is 20.8 Å². The summed E-state index contributed by atoms with van der Waals surface area (Å²) in [5.74, 6) is -0.752. The van der Waals surface area contributed by atoms with Gasteiger partial charge in [-0.3, -0.25) is 4.79 Å². The Kier molecular flexibility index (Phi) is 6.45. The largest absolute Gasteiger partial charge is 0.481 e. The van der Waals surface area contributed by atoms with Crippen molar-refractivity contribution in [3.8, 4) is 0 Å². The summed E-state index contributed by atoms with van der Waals surface area (Å²) in [5, 5.41) is 18.3. The van der Waals surface area contributed by atoms with Gasteiger partial charge in [0.05, 0.1) is 5.41 Å². The third-order valence-corrected chi connectivity index (χ3v) is 4.55. The van der Waals surface area contributed by atoms with Crippen molar-refractivity contribution in [1.29, 1.82) is 0 Å². The highest BCUT2D eigenvalue weighted by molar-refractivity contribution is 5.77. The summed E-state index contributed by atoms with van der Waals surface area (Å²) in [7, 11) is 0. The number of aliphatic hydroxyl groups excluding tert-OH is 1. The third kappa shape index (κ3) is 4.09. The number of aliphatic hydroxyl groups is 1. The molecule has 0 atom stereocenters. The van der Waals surface area contributed by atoms with Crippen molar-refractivity contribution in [3.63, 3.8) is 0 Å². The maximum absolute atomic E-state index is 12.5. The third-order valence-electron chi connectivity index (χ3n) is 4.55. The zero-order valence-corrected chi connectivity index (χ0v) is 13.3. The topological polar surface area (TPSA) is 81.1 Å². The summed E-state index contributed by atoms with van der Waals surface area (Å²) in [6.07, 6.45) is 2.18. The van der Waals surface area contributed by atoms with E-state index in [0.29, 0.717) is 45.3 Å². The second kappa shape index (κ2) is 7.64. The van der Waals surface area contributed by atoms with Crippen LogP contribution in [0.15, 0.2) is 0 Å². The highest BCUT2D eigenvalue weighted by atomic mass is 16.4. The molecular weight excluding hydrogens is 272 g/mol. The first-order valence-electron chi connectivity index (χ1n) is 7.77. The number of nitrogens with zero attached hydrogens (tertiary/aromatic N) is 2. The van der Waals surface area contributed by atoms with E-state index in [2.05, 4.69) is 0 Å². The lowest BCUT2D eigenvalue weighted by atomic mass is 9.76. The van der Waals surface area contributed by atoms with Gasteiger partial charge in [0.15, 0.2) is 0 Å². The van der Waals surface area contributed by atoms with Gasteiger partial charge < -0.3 is 20.0 Å². The van der Waals surface area contributed by atoms with Crippen molar-refractivity contribution in [2.75, 3.05) is 26.2 Å². The molecule has 1 fully saturated rings. The zero-order valence-electron chi connectivity index (χ0n) is 13.3. The predicted molar refractivity (Wildman–Crippen MR) is 80.1 cm³/mol.